The molecule has 0 saturated carbocycles. The Bertz CT molecular complexity index is 1120. The largest absolute Gasteiger partial charge is 0.325 e. The van der Waals surface area contributed by atoms with Crippen LogP contribution in [-0.4, -0.2) is 46.9 Å². The molecular weight excluding hydrogens is 434 g/mol. The van der Waals surface area contributed by atoms with Crippen LogP contribution in [-0.2, 0) is 14.8 Å². The summed E-state index contributed by atoms with van der Waals surface area (Å²) in [6.45, 7) is 6.22. The van der Waals surface area contributed by atoms with E-state index in [0.29, 0.717) is 40.9 Å². The van der Waals surface area contributed by atoms with Crippen LogP contribution in [0.1, 0.15) is 43.3 Å². The van der Waals surface area contributed by atoms with E-state index in [0.717, 1.165) is 19.3 Å². The molecule has 31 heavy (non-hydrogen) atoms. The standard InChI is InChI=1S/C21H25N5O3S2/c1-14-19(13-22)21(24-16(3)23-14)30-15(2)20(27)25-17-8-7-9-18(12-17)31(28,29)26-10-5-4-6-11-26/h7-9,12,15H,4-6,10-11H2,1-3H3,(H,25,27). The van der Waals surface area contributed by atoms with Crippen molar-refractivity contribution in [1.82, 2.24) is 14.3 Å². The molecule has 0 radical (unpaired) electrons. The number of carbonyl (C=O) groups is 1. The molecule has 1 N–H and O–H groups in total. The third-order valence-electron chi connectivity index (χ3n) is 4.99. The number of rotatable bonds is 6. The first-order chi connectivity index (χ1) is 14.7. The molecule has 1 saturated heterocycles. The zero-order valence-electron chi connectivity index (χ0n) is 17.8. The molecule has 1 atom stereocenters. The minimum atomic E-state index is -3.58. The number of sulfonamides is 1. The lowest BCUT2D eigenvalue weighted by Gasteiger charge is -2.26. The van der Waals surface area contributed by atoms with Gasteiger partial charge in [0, 0.05) is 18.8 Å². The molecule has 2 aromatic rings. The zero-order valence-corrected chi connectivity index (χ0v) is 19.4. The SMILES string of the molecule is Cc1nc(C)c(C#N)c(SC(C)C(=O)Nc2cccc(S(=O)(=O)N3CCCCC3)c2)n1. The van der Waals surface area contributed by atoms with Crippen LogP contribution in [0, 0.1) is 25.2 Å². The summed E-state index contributed by atoms with van der Waals surface area (Å²) < 4.78 is 27.3. The molecule has 3 rings (SSSR count). The lowest BCUT2D eigenvalue weighted by atomic mass is 10.2. The number of piperidine rings is 1. The molecule has 0 bridgehead atoms. The average Bonchev–Trinajstić information content (AvgIpc) is 2.74. The van der Waals surface area contributed by atoms with Crippen molar-refractivity contribution in [2.24, 2.45) is 0 Å². The fourth-order valence-electron chi connectivity index (χ4n) is 3.35. The van der Waals surface area contributed by atoms with E-state index in [9.17, 15) is 18.5 Å². The number of nitrogens with one attached hydrogen (secondary N) is 1. The Labute approximate surface area is 187 Å². The van der Waals surface area contributed by atoms with Crippen molar-refractivity contribution in [3.63, 3.8) is 0 Å². The van der Waals surface area contributed by atoms with Crippen LogP contribution in [0.4, 0.5) is 5.69 Å². The van der Waals surface area contributed by atoms with Gasteiger partial charge in [0.2, 0.25) is 15.9 Å². The second-order valence-corrected chi connectivity index (χ2v) is 10.7. The van der Waals surface area contributed by atoms with Crippen LogP contribution in [0.5, 0.6) is 0 Å². The third-order valence-corrected chi connectivity index (χ3v) is 7.97. The maximum Gasteiger partial charge on any atom is 0.243 e. The van der Waals surface area contributed by atoms with Gasteiger partial charge in [0.15, 0.2) is 0 Å². The highest BCUT2D eigenvalue weighted by Crippen LogP contribution is 2.28. The Morgan fingerprint density at radius 2 is 1.94 bits per heavy atom. The van der Waals surface area contributed by atoms with E-state index in [2.05, 4.69) is 21.4 Å². The van der Waals surface area contributed by atoms with Gasteiger partial charge in [-0.2, -0.15) is 9.57 Å². The zero-order chi connectivity index (χ0) is 22.6. The molecule has 1 amide bonds. The quantitative estimate of drug-likeness (QED) is 0.520. The number of anilines is 1. The van der Waals surface area contributed by atoms with Crippen molar-refractivity contribution >= 4 is 33.4 Å². The van der Waals surface area contributed by atoms with Crippen LogP contribution >= 0.6 is 11.8 Å². The number of carbonyl (C=O) groups excluding carboxylic acids is 1. The number of thioether (sulfide) groups is 1. The molecule has 1 aromatic carbocycles. The number of nitriles is 1. The fourth-order valence-corrected chi connectivity index (χ4v) is 5.91. The third kappa shape index (κ3) is 5.42. The second-order valence-electron chi connectivity index (χ2n) is 7.39. The predicted octanol–water partition coefficient (Wildman–Crippen LogP) is 3.26. The van der Waals surface area contributed by atoms with Crippen molar-refractivity contribution in [3.05, 3.63) is 41.3 Å². The van der Waals surface area contributed by atoms with Crippen LogP contribution in [0.25, 0.3) is 0 Å². The number of aryl methyl sites for hydroxylation is 2. The minimum absolute atomic E-state index is 0.168. The lowest BCUT2D eigenvalue weighted by molar-refractivity contribution is -0.115. The summed E-state index contributed by atoms with van der Waals surface area (Å²) in [6, 6.07) is 8.40. The van der Waals surface area contributed by atoms with E-state index in [-0.39, 0.29) is 10.8 Å². The van der Waals surface area contributed by atoms with Gasteiger partial charge < -0.3 is 5.32 Å². The van der Waals surface area contributed by atoms with Crippen LogP contribution in [0.3, 0.4) is 0 Å². The van der Waals surface area contributed by atoms with Gasteiger partial charge in [-0.3, -0.25) is 4.79 Å². The second kappa shape index (κ2) is 9.77. The first kappa shape index (κ1) is 23.2. The fraction of sp³-hybridized carbons (Fsp3) is 0.429. The van der Waals surface area contributed by atoms with Crippen LogP contribution in [0.2, 0.25) is 0 Å². The molecule has 1 aromatic heterocycles. The molecule has 1 unspecified atom stereocenters. The number of nitrogens with zero attached hydrogens (tertiary/aromatic N) is 4. The van der Waals surface area contributed by atoms with Gasteiger partial charge in [0.1, 0.15) is 22.5 Å². The Morgan fingerprint density at radius 3 is 2.61 bits per heavy atom. The van der Waals surface area contributed by atoms with Gasteiger partial charge in [-0.1, -0.05) is 24.2 Å². The maximum absolute atomic E-state index is 12.9. The summed E-state index contributed by atoms with van der Waals surface area (Å²) in [5.41, 5.74) is 1.33. The smallest absolute Gasteiger partial charge is 0.243 e. The van der Waals surface area contributed by atoms with Crippen molar-refractivity contribution < 1.29 is 13.2 Å². The Hall–Kier alpha value is -2.48. The van der Waals surface area contributed by atoms with Gasteiger partial charge in [0.25, 0.3) is 0 Å². The Morgan fingerprint density at radius 1 is 1.23 bits per heavy atom. The highest BCUT2D eigenvalue weighted by atomic mass is 32.2. The van der Waals surface area contributed by atoms with E-state index in [1.165, 1.54) is 22.1 Å². The van der Waals surface area contributed by atoms with Crippen LogP contribution < -0.4 is 5.32 Å². The summed E-state index contributed by atoms with van der Waals surface area (Å²) in [5, 5.41) is 12.1. The number of hydrogen-bond acceptors (Lipinski definition) is 7. The number of amides is 1. The Kier molecular flexibility index (Phi) is 7.30. The van der Waals surface area contributed by atoms with E-state index in [1.54, 1.807) is 39.0 Å². The highest BCUT2D eigenvalue weighted by molar-refractivity contribution is 8.00. The van der Waals surface area contributed by atoms with Gasteiger partial charge in [-0.25, -0.2) is 18.4 Å². The molecular formula is C21H25N5O3S2. The van der Waals surface area contributed by atoms with Crippen molar-refractivity contribution in [3.8, 4) is 6.07 Å². The molecule has 8 nitrogen and oxygen atoms in total. The lowest BCUT2D eigenvalue weighted by Crippen LogP contribution is -2.35. The molecule has 164 valence electrons. The predicted molar refractivity (Wildman–Crippen MR) is 119 cm³/mol. The first-order valence-electron chi connectivity index (χ1n) is 10.1. The van der Waals surface area contributed by atoms with Gasteiger partial charge >= 0.3 is 0 Å². The van der Waals surface area contributed by atoms with E-state index in [4.69, 9.17) is 0 Å². The molecule has 0 spiro atoms. The van der Waals surface area contributed by atoms with Gasteiger partial charge in [0.05, 0.1) is 15.8 Å². The highest BCUT2D eigenvalue weighted by Gasteiger charge is 2.26. The molecule has 0 aliphatic carbocycles. The topological polar surface area (TPSA) is 116 Å². The summed E-state index contributed by atoms with van der Waals surface area (Å²) in [4.78, 5) is 21.4. The Balaban J connectivity index is 1.74. The molecule has 1 aliphatic heterocycles. The van der Waals surface area contributed by atoms with Crippen molar-refractivity contribution in [2.75, 3.05) is 18.4 Å². The number of aromatic nitrogens is 2. The summed E-state index contributed by atoms with van der Waals surface area (Å²) in [6.07, 6.45) is 2.75. The van der Waals surface area contributed by atoms with Crippen LogP contribution in [0.15, 0.2) is 34.2 Å². The monoisotopic (exact) mass is 459 g/mol. The number of benzene rings is 1. The molecule has 1 aliphatic rings. The van der Waals surface area contributed by atoms with E-state index >= 15 is 0 Å². The molecule has 1 fully saturated rings. The normalized spacial score (nSPS) is 15.8. The van der Waals surface area contributed by atoms with Gasteiger partial charge in [-0.05, 0) is 51.8 Å². The average molecular weight is 460 g/mol. The van der Waals surface area contributed by atoms with E-state index in [1.807, 2.05) is 0 Å². The maximum atomic E-state index is 12.9. The van der Waals surface area contributed by atoms with Crippen molar-refractivity contribution in [1.29, 1.82) is 5.26 Å². The van der Waals surface area contributed by atoms with Crippen molar-refractivity contribution in [2.45, 2.75) is 55.2 Å². The molecule has 10 heteroatoms. The minimum Gasteiger partial charge on any atom is -0.325 e. The summed E-state index contributed by atoms with van der Waals surface area (Å²) in [5.74, 6) is 0.220. The van der Waals surface area contributed by atoms with Gasteiger partial charge in [-0.15, -0.1) is 0 Å². The molecule has 2 heterocycles. The summed E-state index contributed by atoms with van der Waals surface area (Å²) in [7, 11) is -3.58. The summed E-state index contributed by atoms with van der Waals surface area (Å²) >= 11 is 1.17. The van der Waals surface area contributed by atoms with E-state index < -0.39 is 15.3 Å². The number of hydrogen-bond donors (Lipinski definition) is 1. The first-order valence-corrected chi connectivity index (χ1v) is 12.4.